The van der Waals surface area contributed by atoms with Crippen LogP contribution in [-0.4, -0.2) is 16.0 Å². The van der Waals surface area contributed by atoms with Gasteiger partial charge in [-0.25, -0.2) is 0 Å². The summed E-state index contributed by atoms with van der Waals surface area (Å²) in [6.45, 7) is 1.79. The molecule has 3 rings (SSSR count). The molecule has 0 fully saturated rings. The van der Waals surface area contributed by atoms with Gasteiger partial charge in [-0.05, 0) is 17.2 Å². The van der Waals surface area contributed by atoms with Gasteiger partial charge in [-0.2, -0.15) is 0 Å². The van der Waals surface area contributed by atoms with Gasteiger partial charge in [-0.3, -0.25) is 14.2 Å². The standard InChI is InChI=1S/C15H13NO3S/c1-10(17)19-15-9-16-13(18)7-12(8-14(16)20-15)11-5-3-2-4-6-11/h2-8,15H,9H2,1H3. The van der Waals surface area contributed by atoms with E-state index < -0.39 is 0 Å². The summed E-state index contributed by atoms with van der Waals surface area (Å²) in [5, 5.41) is 0.836. The third-order valence-electron chi connectivity index (χ3n) is 3.08. The Morgan fingerprint density at radius 1 is 1.25 bits per heavy atom. The summed E-state index contributed by atoms with van der Waals surface area (Å²) in [6.07, 6.45) is 0. The molecule has 1 unspecified atom stereocenters. The van der Waals surface area contributed by atoms with Crippen molar-refractivity contribution in [3.8, 4) is 11.1 Å². The van der Waals surface area contributed by atoms with E-state index in [0.29, 0.717) is 6.54 Å². The third kappa shape index (κ3) is 2.49. The number of fused-ring (bicyclic) bond motifs is 1. The molecular formula is C15H13NO3S. The summed E-state index contributed by atoms with van der Waals surface area (Å²) in [7, 11) is 0. The van der Waals surface area contributed by atoms with Crippen molar-refractivity contribution >= 4 is 17.7 Å². The van der Waals surface area contributed by atoms with E-state index >= 15 is 0 Å². The molecular weight excluding hydrogens is 274 g/mol. The minimum Gasteiger partial charge on any atom is -0.449 e. The lowest BCUT2D eigenvalue weighted by Gasteiger charge is -2.06. The molecule has 1 aliphatic heterocycles. The molecule has 2 aromatic rings. The Labute approximate surface area is 120 Å². The first-order chi connectivity index (χ1) is 9.63. The van der Waals surface area contributed by atoms with E-state index in [4.69, 9.17) is 4.74 Å². The first-order valence-corrected chi connectivity index (χ1v) is 7.15. The number of benzene rings is 1. The van der Waals surface area contributed by atoms with Crippen LogP contribution in [0.1, 0.15) is 6.92 Å². The Kier molecular flexibility index (Phi) is 3.36. The second kappa shape index (κ2) is 5.17. The molecule has 1 aliphatic rings. The van der Waals surface area contributed by atoms with Crippen LogP contribution in [-0.2, 0) is 16.1 Å². The average molecular weight is 287 g/mol. The van der Waals surface area contributed by atoms with Gasteiger partial charge in [0.25, 0.3) is 5.56 Å². The monoisotopic (exact) mass is 287 g/mol. The van der Waals surface area contributed by atoms with Crippen LogP contribution in [0.15, 0.2) is 52.3 Å². The van der Waals surface area contributed by atoms with Crippen molar-refractivity contribution in [3.05, 3.63) is 52.8 Å². The molecule has 0 aliphatic carbocycles. The maximum Gasteiger partial charge on any atom is 0.303 e. The maximum absolute atomic E-state index is 12.1. The molecule has 0 spiro atoms. The molecule has 0 N–H and O–H groups in total. The summed E-state index contributed by atoms with van der Waals surface area (Å²) in [6, 6.07) is 13.3. The van der Waals surface area contributed by atoms with Gasteiger partial charge in [0, 0.05) is 13.0 Å². The number of esters is 1. The van der Waals surface area contributed by atoms with Gasteiger partial charge < -0.3 is 4.74 Å². The molecule has 20 heavy (non-hydrogen) atoms. The smallest absolute Gasteiger partial charge is 0.303 e. The number of pyridine rings is 1. The quantitative estimate of drug-likeness (QED) is 0.796. The summed E-state index contributed by atoms with van der Waals surface area (Å²) < 4.78 is 6.80. The number of thioether (sulfide) groups is 1. The number of hydrogen-bond donors (Lipinski definition) is 0. The van der Waals surface area contributed by atoms with Crippen LogP contribution in [0.3, 0.4) is 0 Å². The van der Waals surface area contributed by atoms with Crippen molar-refractivity contribution in [2.75, 3.05) is 0 Å². The normalized spacial score (nSPS) is 16.8. The van der Waals surface area contributed by atoms with Gasteiger partial charge in [-0.15, -0.1) is 0 Å². The highest BCUT2D eigenvalue weighted by molar-refractivity contribution is 7.99. The molecule has 2 heterocycles. The number of carbonyl (C=O) groups is 1. The molecule has 0 bridgehead atoms. The molecule has 0 amide bonds. The lowest BCUT2D eigenvalue weighted by atomic mass is 10.1. The van der Waals surface area contributed by atoms with E-state index in [9.17, 15) is 9.59 Å². The minimum atomic E-state index is -0.327. The van der Waals surface area contributed by atoms with Crippen LogP contribution >= 0.6 is 11.8 Å². The van der Waals surface area contributed by atoms with Crippen molar-refractivity contribution in [3.63, 3.8) is 0 Å². The van der Waals surface area contributed by atoms with Crippen LogP contribution in [0.25, 0.3) is 11.1 Å². The second-order valence-electron chi connectivity index (χ2n) is 4.55. The minimum absolute atomic E-state index is 0.0662. The van der Waals surface area contributed by atoms with Gasteiger partial charge in [0.05, 0.1) is 11.6 Å². The summed E-state index contributed by atoms with van der Waals surface area (Å²) in [5.74, 6) is -0.327. The highest BCUT2D eigenvalue weighted by Gasteiger charge is 2.25. The molecule has 0 saturated heterocycles. The summed E-state index contributed by atoms with van der Waals surface area (Å²) >= 11 is 1.41. The van der Waals surface area contributed by atoms with Crippen LogP contribution in [0.5, 0.6) is 0 Å². The highest BCUT2D eigenvalue weighted by Crippen LogP contribution is 2.33. The molecule has 1 aromatic carbocycles. The second-order valence-corrected chi connectivity index (χ2v) is 5.73. The predicted octanol–water partition coefficient (Wildman–Crippen LogP) is 2.51. The van der Waals surface area contributed by atoms with Crippen molar-refractivity contribution in [1.82, 2.24) is 4.57 Å². The van der Waals surface area contributed by atoms with Crippen LogP contribution in [0.4, 0.5) is 0 Å². The molecule has 5 heteroatoms. The lowest BCUT2D eigenvalue weighted by Crippen LogP contribution is -2.22. The number of ether oxygens (including phenoxy) is 1. The van der Waals surface area contributed by atoms with Crippen LogP contribution < -0.4 is 5.56 Å². The topological polar surface area (TPSA) is 48.3 Å². The van der Waals surface area contributed by atoms with E-state index in [1.165, 1.54) is 18.7 Å². The van der Waals surface area contributed by atoms with Crippen LogP contribution in [0, 0.1) is 0 Å². The first-order valence-electron chi connectivity index (χ1n) is 6.27. The van der Waals surface area contributed by atoms with Gasteiger partial charge in [-0.1, -0.05) is 42.1 Å². The largest absolute Gasteiger partial charge is 0.449 e. The molecule has 4 nitrogen and oxygen atoms in total. The Bertz CT molecular complexity index is 709. The number of aromatic nitrogens is 1. The predicted molar refractivity (Wildman–Crippen MR) is 77.5 cm³/mol. The van der Waals surface area contributed by atoms with Gasteiger partial charge >= 0.3 is 5.97 Å². The van der Waals surface area contributed by atoms with Gasteiger partial charge in [0.1, 0.15) is 0 Å². The molecule has 0 radical (unpaired) electrons. The Hall–Kier alpha value is -2.01. The van der Waals surface area contributed by atoms with E-state index in [1.54, 1.807) is 10.6 Å². The number of rotatable bonds is 2. The Morgan fingerprint density at radius 2 is 2.00 bits per heavy atom. The van der Waals surface area contributed by atoms with E-state index in [0.717, 1.165) is 16.2 Å². The SMILES string of the molecule is CC(=O)OC1Cn2c(cc(-c3ccccc3)cc2=O)S1. The van der Waals surface area contributed by atoms with E-state index in [-0.39, 0.29) is 17.0 Å². The molecule has 1 aromatic heterocycles. The lowest BCUT2D eigenvalue weighted by molar-refractivity contribution is -0.142. The highest BCUT2D eigenvalue weighted by atomic mass is 32.2. The summed E-state index contributed by atoms with van der Waals surface area (Å²) in [4.78, 5) is 23.1. The molecule has 0 saturated carbocycles. The third-order valence-corrected chi connectivity index (χ3v) is 4.17. The Morgan fingerprint density at radius 3 is 2.70 bits per heavy atom. The zero-order chi connectivity index (χ0) is 14.1. The molecule has 102 valence electrons. The van der Waals surface area contributed by atoms with Crippen molar-refractivity contribution < 1.29 is 9.53 Å². The van der Waals surface area contributed by atoms with Crippen molar-refractivity contribution in [2.45, 2.75) is 23.9 Å². The summed E-state index contributed by atoms with van der Waals surface area (Å²) in [5.41, 5.74) is 1.51. The number of nitrogens with zero attached hydrogens (tertiary/aromatic N) is 1. The number of hydrogen-bond acceptors (Lipinski definition) is 4. The fraction of sp³-hybridized carbons (Fsp3) is 0.200. The van der Waals surface area contributed by atoms with E-state index in [2.05, 4.69) is 0 Å². The van der Waals surface area contributed by atoms with Crippen LogP contribution in [0.2, 0.25) is 0 Å². The molecule has 1 atom stereocenters. The van der Waals surface area contributed by atoms with E-state index in [1.807, 2.05) is 36.4 Å². The zero-order valence-corrected chi connectivity index (χ0v) is 11.7. The van der Waals surface area contributed by atoms with Crippen molar-refractivity contribution in [2.24, 2.45) is 0 Å². The van der Waals surface area contributed by atoms with Crippen molar-refractivity contribution in [1.29, 1.82) is 0 Å². The van der Waals surface area contributed by atoms with Gasteiger partial charge in [0.15, 0.2) is 5.44 Å². The zero-order valence-electron chi connectivity index (χ0n) is 10.9. The maximum atomic E-state index is 12.1. The number of carbonyl (C=O) groups excluding carboxylic acids is 1. The Balaban J connectivity index is 1.96. The first kappa shape index (κ1) is 13.0. The van der Waals surface area contributed by atoms with Gasteiger partial charge in [0.2, 0.25) is 0 Å². The fourth-order valence-corrected chi connectivity index (χ4v) is 3.38. The fourth-order valence-electron chi connectivity index (χ4n) is 2.21. The average Bonchev–Trinajstić information content (AvgIpc) is 2.82.